The zero-order valence-electron chi connectivity index (χ0n) is 17.8. The Hall–Kier alpha value is -1.36. The number of hydrogen-bond donors (Lipinski definition) is 3. The normalized spacial score (nSPS) is 11.9. The summed E-state index contributed by atoms with van der Waals surface area (Å²) in [5.41, 5.74) is -1.63. The van der Waals surface area contributed by atoms with Crippen LogP contribution in [0.25, 0.3) is 0 Å². The van der Waals surface area contributed by atoms with Crippen LogP contribution in [0.3, 0.4) is 0 Å². The predicted octanol–water partition coefficient (Wildman–Crippen LogP) is 6.09. The maximum absolute atomic E-state index is 10.8. The van der Waals surface area contributed by atoms with E-state index in [1.165, 1.54) is 57.8 Å². The molecule has 0 aromatic rings. The molecule has 0 bridgehead atoms. The van der Waals surface area contributed by atoms with E-state index >= 15 is 0 Å². The van der Waals surface area contributed by atoms with Crippen LogP contribution in [0, 0.1) is 0 Å². The lowest BCUT2D eigenvalue weighted by Gasteiger charge is -2.24. The summed E-state index contributed by atoms with van der Waals surface area (Å²) in [6.07, 6.45) is 20.3. The van der Waals surface area contributed by atoms with Gasteiger partial charge in [0.25, 0.3) is 0 Å². The van der Waals surface area contributed by atoms with E-state index in [1.807, 2.05) is 0 Å². The number of aliphatic carboxylic acids is 2. The Balaban J connectivity index is 3.56. The Morgan fingerprint density at radius 1 is 0.679 bits per heavy atom. The molecule has 0 saturated carbocycles. The van der Waals surface area contributed by atoms with Gasteiger partial charge in [-0.2, -0.15) is 0 Å². The van der Waals surface area contributed by atoms with Crippen LogP contribution in [0.5, 0.6) is 0 Å². The van der Waals surface area contributed by atoms with Crippen molar-refractivity contribution in [2.45, 2.75) is 122 Å². The van der Waals surface area contributed by atoms with Gasteiger partial charge in [-0.1, -0.05) is 83.3 Å². The molecule has 0 aromatic heterocycles. The first-order chi connectivity index (χ1) is 13.4. The van der Waals surface area contributed by atoms with E-state index in [0.717, 1.165) is 25.7 Å². The van der Waals surface area contributed by atoms with Crippen LogP contribution in [0.15, 0.2) is 12.2 Å². The Labute approximate surface area is 171 Å². The van der Waals surface area contributed by atoms with Crippen molar-refractivity contribution in [2.24, 2.45) is 0 Å². The maximum Gasteiger partial charge on any atom is 0.306 e. The summed E-state index contributed by atoms with van der Waals surface area (Å²) in [6.45, 7) is 2.24. The van der Waals surface area contributed by atoms with E-state index < -0.39 is 30.4 Å². The summed E-state index contributed by atoms with van der Waals surface area (Å²) in [6, 6.07) is 0. The smallest absolute Gasteiger partial charge is 0.306 e. The van der Waals surface area contributed by atoms with Gasteiger partial charge >= 0.3 is 11.9 Å². The van der Waals surface area contributed by atoms with Gasteiger partial charge in [-0.3, -0.25) is 9.59 Å². The summed E-state index contributed by atoms with van der Waals surface area (Å²) < 4.78 is 0. The van der Waals surface area contributed by atoms with Crippen molar-refractivity contribution in [3.05, 3.63) is 12.2 Å². The van der Waals surface area contributed by atoms with Crippen molar-refractivity contribution < 1.29 is 24.9 Å². The van der Waals surface area contributed by atoms with Crippen molar-refractivity contribution >= 4 is 11.9 Å². The number of carboxylic acid groups (broad SMARTS) is 2. The van der Waals surface area contributed by atoms with Crippen LogP contribution < -0.4 is 0 Å². The van der Waals surface area contributed by atoms with Crippen LogP contribution in [-0.2, 0) is 9.59 Å². The van der Waals surface area contributed by atoms with Gasteiger partial charge in [0.2, 0.25) is 0 Å². The first-order valence-electron chi connectivity index (χ1n) is 11.2. The largest absolute Gasteiger partial charge is 0.481 e. The number of unbranched alkanes of at least 4 members (excludes halogenated alkanes) is 12. The molecule has 164 valence electrons. The van der Waals surface area contributed by atoms with Crippen molar-refractivity contribution in [1.82, 2.24) is 0 Å². The summed E-state index contributed by atoms with van der Waals surface area (Å²) in [5, 5.41) is 27.9. The van der Waals surface area contributed by atoms with Gasteiger partial charge in [0, 0.05) is 0 Å². The molecule has 0 radical (unpaired) electrons. The highest BCUT2D eigenvalue weighted by molar-refractivity contribution is 5.72. The van der Waals surface area contributed by atoms with Gasteiger partial charge in [-0.15, -0.1) is 0 Å². The van der Waals surface area contributed by atoms with E-state index in [2.05, 4.69) is 19.1 Å². The molecule has 0 saturated heterocycles. The van der Waals surface area contributed by atoms with Gasteiger partial charge in [0.15, 0.2) is 0 Å². The third-order valence-corrected chi connectivity index (χ3v) is 5.11. The minimum Gasteiger partial charge on any atom is -0.481 e. The quantitative estimate of drug-likeness (QED) is 0.170. The van der Waals surface area contributed by atoms with E-state index in [1.54, 1.807) is 0 Å². The van der Waals surface area contributed by atoms with Crippen LogP contribution in [0.1, 0.15) is 116 Å². The van der Waals surface area contributed by atoms with E-state index in [0.29, 0.717) is 6.42 Å². The number of carboxylic acids is 2. The Bertz CT molecular complexity index is 415. The number of aliphatic hydroxyl groups is 1. The fourth-order valence-electron chi connectivity index (χ4n) is 3.50. The molecule has 28 heavy (non-hydrogen) atoms. The second kappa shape index (κ2) is 17.7. The van der Waals surface area contributed by atoms with Crippen LogP contribution in [0.2, 0.25) is 0 Å². The van der Waals surface area contributed by atoms with E-state index in [-0.39, 0.29) is 6.42 Å². The highest BCUT2D eigenvalue weighted by atomic mass is 16.4. The molecule has 0 amide bonds. The van der Waals surface area contributed by atoms with Gasteiger partial charge in [-0.05, 0) is 32.1 Å². The van der Waals surface area contributed by atoms with Gasteiger partial charge < -0.3 is 15.3 Å². The fraction of sp³-hybridized carbons (Fsp3) is 0.826. The Morgan fingerprint density at radius 3 is 1.50 bits per heavy atom. The van der Waals surface area contributed by atoms with Crippen molar-refractivity contribution in [3.8, 4) is 0 Å². The molecule has 5 heteroatoms. The molecular weight excluding hydrogens is 356 g/mol. The number of allylic oxidation sites excluding steroid dienone is 2. The molecule has 0 rings (SSSR count). The van der Waals surface area contributed by atoms with Gasteiger partial charge in [0.05, 0.1) is 18.4 Å². The van der Waals surface area contributed by atoms with Crippen LogP contribution in [0.4, 0.5) is 0 Å². The number of rotatable bonds is 20. The molecule has 0 aliphatic rings. The second-order valence-electron chi connectivity index (χ2n) is 8.05. The van der Waals surface area contributed by atoms with Crippen molar-refractivity contribution in [2.75, 3.05) is 0 Å². The molecule has 5 nitrogen and oxygen atoms in total. The maximum atomic E-state index is 10.8. The lowest BCUT2D eigenvalue weighted by Crippen LogP contribution is -2.34. The Morgan fingerprint density at radius 2 is 1.07 bits per heavy atom. The number of hydrogen-bond acceptors (Lipinski definition) is 3. The molecule has 0 aliphatic heterocycles. The lowest BCUT2D eigenvalue weighted by molar-refractivity contribution is -0.149. The fourth-order valence-corrected chi connectivity index (χ4v) is 3.50. The minimum atomic E-state index is -1.63. The van der Waals surface area contributed by atoms with Crippen LogP contribution in [-0.4, -0.2) is 32.9 Å². The molecule has 0 aromatic carbocycles. The molecule has 0 aliphatic carbocycles. The van der Waals surface area contributed by atoms with E-state index in [9.17, 15) is 14.7 Å². The summed E-state index contributed by atoms with van der Waals surface area (Å²) in [4.78, 5) is 21.6. The average molecular weight is 399 g/mol. The Kier molecular flexibility index (Phi) is 16.9. The third-order valence-electron chi connectivity index (χ3n) is 5.11. The zero-order chi connectivity index (χ0) is 21.1. The molecule has 0 atom stereocenters. The van der Waals surface area contributed by atoms with Gasteiger partial charge in [-0.25, -0.2) is 0 Å². The average Bonchev–Trinajstić information content (AvgIpc) is 2.60. The lowest BCUT2D eigenvalue weighted by atomic mass is 9.89. The monoisotopic (exact) mass is 398 g/mol. The summed E-state index contributed by atoms with van der Waals surface area (Å²) >= 11 is 0. The van der Waals surface area contributed by atoms with E-state index in [4.69, 9.17) is 10.2 Å². The predicted molar refractivity (Wildman–Crippen MR) is 114 cm³/mol. The first-order valence-corrected chi connectivity index (χ1v) is 11.2. The first kappa shape index (κ1) is 26.6. The number of carbonyl (C=O) groups is 2. The van der Waals surface area contributed by atoms with Crippen molar-refractivity contribution in [3.63, 3.8) is 0 Å². The standard InChI is InChI=1S/C23H42O5/c1-2-3-4-5-6-7-8-9-10-11-12-13-14-15-16-17-18-23(28,19-21(24)25)20-22(26)27/h9-10,28H,2-8,11-20H2,1H3,(H,24,25)(H,26,27)/b10-9-. The zero-order valence-corrected chi connectivity index (χ0v) is 17.8. The van der Waals surface area contributed by atoms with Crippen molar-refractivity contribution in [1.29, 1.82) is 0 Å². The molecular formula is C23H42O5. The summed E-state index contributed by atoms with van der Waals surface area (Å²) in [5.74, 6) is -2.32. The highest BCUT2D eigenvalue weighted by Gasteiger charge is 2.32. The molecule has 0 heterocycles. The second-order valence-corrected chi connectivity index (χ2v) is 8.05. The SMILES string of the molecule is CCCCCCCC/C=C\CCCCCCCCC(O)(CC(=O)O)CC(=O)O. The molecule has 3 N–H and O–H groups in total. The third kappa shape index (κ3) is 18.0. The molecule has 0 spiro atoms. The minimum absolute atomic E-state index is 0.229. The van der Waals surface area contributed by atoms with Gasteiger partial charge in [0.1, 0.15) is 0 Å². The molecule has 0 unspecified atom stereocenters. The highest BCUT2D eigenvalue weighted by Crippen LogP contribution is 2.24. The van der Waals surface area contributed by atoms with Crippen LogP contribution >= 0.6 is 0 Å². The topological polar surface area (TPSA) is 94.8 Å². The molecule has 0 fully saturated rings. The summed E-state index contributed by atoms with van der Waals surface area (Å²) in [7, 11) is 0.